The van der Waals surface area contributed by atoms with Gasteiger partial charge in [-0.15, -0.1) is 0 Å². The highest BCUT2D eigenvalue weighted by Crippen LogP contribution is 2.19. The standard InChI is InChI=1S/C14H19ClFN3O2/c1-3-21-13-8-19(2)7-12(13)18-14(20)17-11-5-4-9(15)6-10(11)16/h4-6,12-13H,3,7-8H2,1-2H3,(H2,17,18,20)/t12-,13-/m1/s1. The van der Waals surface area contributed by atoms with E-state index < -0.39 is 11.8 Å². The van der Waals surface area contributed by atoms with Crippen LogP contribution < -0.4 is 10.6 Å². The number of carbonyl (C=O) groups is 1. The van der Waals surface area contributed by atoms with Crippen LogP contribution in [0.25, 0.3) is 0 Å². The van der Waals surface area contributed by atoms with Gasteiger partial charge in [0.15, 0.2) is 0 Å². The average Bonchev–Trinajstić information content (AvgIpc) is 2.73. The van der Waals surface area contributed by atoms with Crippen LogP contribution in [-0.2, 0) is 4.74 Å². The summed E-state index contributed by atoms with van der Waals surface area (Å²) >= 11 is 5.67. The van der Waals surface area contributed by atoms with Gasteiger partial charge < -0.3 is 20.3 Å². The highest BCUT2D eigenvalue weighted by atomic mass is 35.5. The molecule has 21 heavy (non-hydrogen) atoms. The summed E-state index contributed by atoms with van der Waals surface area (Å²) in [4.78, 5) is 14.0. The molecule has 1 heterocycles. The predicted octanol–water partition coefficient (Wildman–Crippen LogP) is 2.32. The van der Waals surface area contributed by atoms with Crippen LogP contribution in [0.5, 0.6) is 0 Å². The van der Waals surface area contributed by atoms with Gasteiger partial charge in [0.2, 0.25) is 0 Å². The Morgan fingerprint density at radius 3 is 2.95 bits per heavy atom. The molecule has 1 fully saturated rings. The fraction of sp³-hybridized carbons (Fsp3) is 0.500. The Labute approximate surface area is 128 Å². The molecule has 1 aromatic carbocycles. The molecule has 0 bridgehead atoms. The number of carbonyl (C=O) groups excluding carboxylic acids is 1. The first kappa shape index (κ1) is 16.0. The molecule has 1 saturated heterocycles. The lowest BCUT2D eigenvalue weighted by Crippen LogP contribution is -2.45. The first-order valence-corrected chi connectivity index (χ1v) is 7.20. The second-order valence-electron chi connectivity index (χ2n) is 5.04. The maximum Gasteiger partial charge on any atom is 0.319 e. The molecular weight excluding hydrogens is 297 g/mol. The Bertz CT molecular complexity index is 515. The number of ether oxygens (including phenoxy) is 1. The van der Waals surface area contributed by atoms with Crippen LogP contribution in [0, 0.1) is 5.82 Å². The van der Waals surface area contributed by atoms with E-state index in [1.54, 1.807) is 0 Å². The lowest BCUT2D eigenvalue weighted by Gasteiger charge is -2.20. The van der Waals surface area contributed by atoms with E-state index in [4.69, 9.17) is 16.3 Å². The largest absolute Gasteiger partial charge is 0.375 e. The molecule has 0 aliphatic carbocycles. The lowest BCUT2D eigenvalue weighted by atomic mass is 10.2. The fourth-order valence-electron chi connectivity index (χ4n) is 2.40. The maximum absolute atomic E-state index is 13.6. The molecule has 0 unspecified atom stereocenters. The van der Waals surface area contributed by atoms with Gasteiger partial charge in [0.1, 0.15) is 5.82 Å². The quantitative estimate of drug-likeness (QED) is 0.896. The van der Waals surface area contributed by atoms with E-state index in [1.165, 1.54) is 12.1 Å². The molecule has 0 aromatic heterocycles. The topological polar surface area (TPSA) is 53.6 Å². The van der Waals surface area contributed by atoms with Gasteiger partial charge in [-0.3, -0.25) is 0 Å². The molecule has 2 rings (SSSR count). The summed E-state index contributed by atoms with van der Waals surface area (Å²) in [5.74, 6) is -0.567. The second kappa shape index (κ2) is 7.06. The van der Waals surface area contributed by atoms with Crippen LogP contribution in [0.3, 0.4) is 0 Å². The number of urea groups is 1. The molecule has 0 spiro atoms. The van der Waals surface area contributed by atoms with Crippen LogP contribution in [-0.4, -0.2) is 49.8 Å². The van der Waals surface area contributed by atoms with Crippen molar-refractivity contribution in [2.45, 2.75) is 19.1 Å². The van der Waals surface area contributed by atoms with Gasteiger partial charge in [0.05, 0.1) is 17.8 Å². The minimum absolute atomic E-state index is 0.0548. The minimum atomic E-state index is -0.567. The van der Waals surface area contributed by atoms with Crippen molar-refractivity contribution in [3.63, 3.8) is 0 Å². The highest BCUT2D eigenvalue weighted by Gasteiger charge is 2.32. The van der Waals surface area contributed by atoms with E-state index in [9.17, 15) is 9.18 Å². The monoisotopic (exact) mass is 315 g/mol. The SMILES string of the molecule is CCO[C@@H]1CN(C)C[C@H]1NC(=O)Nc1ccc(Cl)cc1F. The number of halogens is 2. The van der Waals surface area contributed by atoms with Gasteiger partial charge in [-0.2, -0.15) is 0 Å². The summed E-state index contributed by atoms with van der Waals surface area (Å²) < 4.78 is 19.2. The van der Waals surface area contributed by atoms with E-state index in [-0.39, 0.29) is 22.9 Å². The van der Waals surface area contributed by atoms with Gasteiger partial charge in [-0.1, -0.05) is 11.6 Å². The van der Waals surface area contributed by atoms with E-state index >= 15 is 0 Å². The van der Waals surface area contributed by atoms with Crippen LogP contribution in [0.2, 0.25) is 5.02 Å². The number of nitrogens with zero attached hydrogens (tertiary/aromatic N) is 1. The highest BCUT2D eigenvalue weighted by molar-refractivity contribution is 6.30. The Kier molecular flexibility index (Phi) is 5.39. The molecule has 2 N–H and O–H groups in total. The molecule has 7 heteroatoms. The van der Waals surface area contributed by atoms with Crippen molar-refractivity contribution in [1.82, 2.24) is 10.2 Å². The van der Waals surface area contributed by atoms with Crippen molar-refractivity contribution in [1.29, 1.82) is 0 Å². The number of hydrogen-bond acceptors (Lipinski definition) is 3. The van der Waals surface area contributed by atoms with Crippen molar-refractivity contribution < 1.29 is 13.9 Å². The molecular formula is C14H19ClFN3O2. The van der Waals surface area contributed by atoms with Gasteiger partial charge in [-0.25, -0.2) is 9.18 Å². The molecule has 1 aliphatic heterocycles. The molecule has 2 amide bonds. The number of likely N-dealkylation sites (tertiary alicyclic amines) is 1. The number of benzene rings is 1. The van der Waals surface area contributed by atoms with Gasteiger partial charge >= 0.3 is 6.03 Å². The van der Waals surface area contributed by atoms with Crippen LogP contribution >= 0.6 is 11.6 Å². The lowest BCUT2D eigenvalue weighted by molar-refractivity contribution is 0.0568. The second-order valence-corrected chi connectivity index (χ2v) is 5.48. The number of nitrogens with one attached hydrogen (secondary N) is 2. The summed E-state index contributed by atoms with van der Waals surface area (Å²) in [7, 11) is 1.96. The third-order valence-corrected chi connectivity index (χ3v) is 3.56. The first-order valence-electron chi connectivity index (χ1n) is 6.82. The number of rotatable bonds is 4. The van der Waals surface area contributed by atoms with Crippen molar-refractivity contribution in [3.05, 3.63) is 29.0 Å². The smallest absolute Gasteiger partial charge is 0.319 e. The van der Waals surface area contributed by atoms with Gasteiger partial charge in [0.25, 0.3) is 0 Å². The van der Waals surface area contributed by atoms with E-state index in [1.807, 2.05) is 14.0 Å². The van der Waals surface area contributed by atoms with Gasteiger partial charge in [-0.05, 0) is 32.2 Å². The zero-order valence-corrected chi connectivity index (χ0v) is 12.8. The Balaban J connectivity index is 1.94. The third kappa shape index (κ3) is 4.30. The average molecular weight is 316 g/mol. The summed E-state index contributed by atoms with van der Waals surface area (Å²) in [6, 6.07) is 3.53. The molecule has 0 saturated carbocycles. The van der Waals surface area contributed by atoms with Crippen molar-refractivity contribution in [2.75, 3.05) is 32.1 Å². The number of amides is 2. The van der Waals surface area contributed by atoms with Crippen molar-refractivity contribution >= 4 is 23.3 Å². The maximum atomic E-state index is 13.6. The molecule has 0 radical (unpaired) electrons. The van der Waals surface area contributed by atoms with Crippen LogP contribution in [0.15, 0.2) is 18.2 Å². The van der Waals surface area contributed by atoms with E-state index in [0.717, 1.165) is 12.6 Å². The Morgan fingerprint density at radius 2 is 2.29 bits per heavy atom. The summed E-state index contributed by atoms with van der Waals surface area (Å²) in [5.41, 5.74) is 0.0937. The third-order valence-electron chi connectivity index (χ3n) is 3.33. The first-order chi connectivity index (χ1) is 9.99. The number of likely N-dealkylation sites (N-methyl/N-ethyl adjacent to an activating group) is 1. The zero-order valence-electron chi connectivity index (χ0n) is 12.0. The van der Waals surface area contributed by atoms with Gasteiger partial charge in [0, 0.05) is 24.7 Å². The molecule has 1 aliphatic rings. The Morgan fingerprint density at radius 1 is 1.52 bits per heavy atom. The molecule has 2 atom stereocenters. The zero-order chi connectivity index (χ0) is 15.4. The van der Waals surface area contributed by atoms with Crippen LogP contribution in [0.1, 0.15) is 6.92 Å². The minimum Gasteiger partial charge on any atom is -0.375 e. The molecule has 1 aromatic rings. The van der Waals surface area contributed by atoms with Crippen molar-refractivity contribution in [3.8, 4) is 0 Å². The predicted molar refractivity (Wildman–Crippen MR) is 80.3 cm³/mol. The summed E-state index contributed by atoms with van der Waals surface area (Å²) in [6.45, 7) is 3.96. The number of hydrogen-bond donors (Lipinski definition) is 2. The number of anilines is 1. The van der Waals surface area contributed by atoms with E-state index in [0.29, 0.717) is 13.2 Å². The molecule has 5 nitrogen and oxygen atoms in total. The fourth-order valence-corrected chi connectivity index (χ4v) is 2.56. The molecule has 116 valence electrons. The van der Waals surface area contributed by atoms with Crippen molar-refractivity contribution in [2.24, 2.45) is 0 Å². The summed E-state index contributed by atoms with van der Waals surface area (Å²) in [5, 5.41) is 5.59. The normalized spacial score (nSPS) is 22.3. The summed E-state index contributed by atoms with van der Waals surface area (Å²) in [6.07, 6.45) is -0.0548. The van der Waals surface area contributed by atoms with E-state index in [2.05, 4.69) is 15.5 Å². The Hall–Kier alpha value is -1.37. The van der Waals surface area contributed by atoms with Crippen LogP contribution in [0.4, 0.5) is 14.9 Å².